The molecule has 1 aromatic carbocycles. The molecule has 1 amide bonds. The molecule has 0 radical (unpaired) electrons. The minimum atomic E-state index is -0.222. The largest absolute Gasteiger partial charge is 0.504 e. The molecule has 0 atom stereocenters. The average Bonchev–Trinajstić information content (AvgIpc) is 2.22. The maximum absolute atomic E-state index is 10.9. The van der Waals surface area contributed by atoms with E-state index in [4.69, 9.17) is 0 Å². The molecule has 2 rings (SSSR count). The standard InChI is InChI=1S/C11H10N2O2/c1-7(14)13-9-5-4-8-3-2-6-12-10(8)11(9)15/h2-6,15H,1H3,(H,13,14). The van der Waals surface area contributed by atoms with E-state index in [1.165, 1.54) is 6.92 Å². The lowest BCUT2D eigenvalue weighted by Gasteiger charge is -2.06. The van der Waals surface area contributed by atoms with E-state index < -0.39 is 0 Å². The minimum Gasteiger partial charge on any atom is -0.504 e. The number of carbonyl (C=O) groups excluding carboxylic acids is 1. The van der Waals surface area contributed by atoms with Crippen LogP contribution in [0.4, 0.5) is 5.69 Å². The Kier molecular flexibility index (Phi) is 2.25. The van der Waals surface area contributed by atoms with Crippen LogP contribution in [0.3, 0.4) is 0 Å². The molecule has 2 aromatic rings. The van der Waals surface area contributed by atoms with E-state index in [0.717, 1.165) is 5.39 Å². The number of fused-ring (bicyclic) bond motifs is 1. The normalized spacial score (nSPS) is 10.2. The number of hydrogen-bond acceptors (Lipinski definition) is 3. The van der Waals surface area contributed by atoms with Gasteiger partial charge in [-0.2, -0.15) is 0 Å². The van der Waals surface area contributed by atoms with E-state index in [9.17, 15) is 9.90 Å². The van der Waals surface area contributed by atoms with Gasteiger partial charge in [-0.15, -0.1) is 0 Å². The fraction of sp³-hybridized carbons (Fsp3) is 0.0909. The lowest BCUT2D eigenvalue weighted by atomic mass is 10.2. The van der Waals surface area contributed by atoms with Crippen molar-refractivity contribution in [2.45, 2.75) is 6.92 Å². The molecule has 0 aliphatic carbocycles. The maximum Gasteiger partial charge on any atom is 0.221 e. The highest BCUT2D eigenvalue weighted by Gasteiger charge is 2.07. The van der Waals surface area contributed by atoms with Gasteiger partial charge in [0, 0.05) is 18.5 Å². The number of hydrogen-bond donors (Lipinski definition) is 2. The fourth-order valence-corrected chi connectivity index (χ4v) is 1.42. The Morgan fingerprint density at radius 3 is 2.93 bits per heavy atom. The third-order valence-corrected chi connectivity index (χ3v) is 2.06. The number of carbonyl (C=O) groups is 1. The van der Waals surface area contributed by atoms with Crippen LogP contribution in [0.5, 0.6) is 5.75 Å². The van der Waals surface area contributed by atoms with E-state index in [1.54, 1.807) is 24.4 Å². The summed E-state index contributed by atoms with van der Waals surface area (Å²) in [7, 11) is 0. The summed E-state index contributed by atoms with van der Waals surface area (Å²) >= 11 is 0. The topological polar surface area (TPSA) is 62.2 Å². The molecule has 0 aliphatic heterocycles. The summed E-state index contributed by atoms with van der Waals surface area (Å²) in [6, 6.07) is 7.09. The number of benzene rings is 1. The summed E-state index contributed by atoms with van der Waals surface area (Å²) in [6.07, 6.45) is 1.60. The van der Waals surface area contributed by atoms with Gasteiger partial charge in [0.15, 0.2) is 5.75 Å². The van der Waals surface area contributed by atoms with Crippen molar-refractivity contribution < 1.29 is 9.90 Å². The molecule has 0 saturated carbocycles. The summed E-state index contributed by atoms with van der Waals surface area (Å²) in [5.74, 6) is -0.219. The summed E-state index contributed by atoms with van der Waals surface area (Å²) in [6.45, 7) is 1.39. The van der Waals surface area contributed by atoms with Crippen molar-refractivity contribution in [3.8, 4) is 5.75 Å². The molecular weight excluding hydrogens is 192 g/mol. The maximum atomic E-state index is 10.9. The second-order valence-electron chi connectivity index (χ2n) is 3.22. The fourth-order valence-electron chi connectivity index (χ4n) is 1.42. The second-order valence-corrected chi connectivity index (χ2v) is 3.22. The Balaban J connectivity index is 2.59. The highest BCUT2D eigenvalue weighted by Crippen LogP contribution is 2.30. The molecule has 0 aliphatic rings. The smallest absolute Gasteiger partial charge is 0.221 e. The summed E-state index contributed by atoms with van der Waals surface area (Å²) in [4.78, 5) is 14.9. The molecule has 4 heteroatoms. The lowest BCUT2D eigenvalue weighted by molar-refractivity contribution is -0.114. The highest BCUT2D eigenvalue weighted by molar-refractivity contribution is 5.96. The van der Waals surface area contributed by atoms with Gasteiger partial charge in [-0.05, 0) is 12.1 Å². The first-order chi connectivity index (χ1) is 7.18. The van der Waals surface area contributed by atoms with Crippen LogP contribution in [0.25, 0.3) is 10.9 Å². The van der Waals surface area contributed by atoms with E-state index in [0.29, 0.717) is 11.2 Å². The van der Waals surface area contributed by atoms with Crippen molar-refractivity contribution >= 4 is 22.5 Å². The van der Waals surface area contributed by atoms with Gasteiger partial charge in [0.1, 0.15) is 5.52 Å². The van der Waals surface area contributed by atoms with Crippen LogP contribution in [-0.2, 0) is 4.79 Å². The molecule has 0 bridgehead atoms. The van der Waals surface area contributed by atoms with Gasteiger partial charge in [0.05, 0.1) is 5.69 Å². The Morgan fingerprint density at radius 2 is 2.20 bits per heavy atom. The van der Waals surface area contributed by atoms with E-state index >= 15 is 0 Å². The molecule has 15 heavy (non-hydrogen) atoms. The number of aromatic hydroxyl groups is 1. The number of pyridine rings is 1. The summed E-state index contributed by atoms with van der Waals surface area (Å²) in [5, 5.41) is 13.2. The van der Waals surface area contributed by atoms with Crippen LogP contribution in [0.2, 0.25) is 0 Å². The zero-order valence-electron chi connectivity index (χ0n) is 8.19. The van der Waals surface area contributed by atoms with E-state index in [1.807, 2.05) is 6.07 Å². The van der Waals surface area contributed by atoms with Crippen LogP contribution < -0.4 is 5.32 Å². The molecular formula is C11H10N2O2. The van der Waals surface area contributed by atoms with Gasteiger partial charge in [0.25, 0.3) is 0 Å². The Labute approximate surface area is 86.6 Å². The summed E-state index contributed by atoms with van der Waals surface area (Å²) in [5.41, 5.74) is 0.873. The SMILES string of the molecule is CC(=O)Nc1ccc2cccnc2c1O. The van der Waals surface area contributed by atoms with Crippen LogP contribution in [0.15, 0.2) is 30.5 Å². The van der Waals surface area contributed by atoms with Crippen molar-refractivity contribution in [3.63, 3.8) is 0 Å². The van der Waals surface area contributed by atoms with Crippen molar-refractivity contribution in [1.29, 1.82) is 0 Å². The average molecular weight is 202 g/mol. The van der Waals surface area contributed by atoms with E-state index in [2.05, 4.69) is 10.3 Å². The number of amides is 1. The van der Waals surface area contributed by atoms with Gasteiger partial charge in [-0.1, -0.05) is 12.1 Å². The van der Waals surface area contributed by atoms with Gasteiger partial charge >= 0.3 is 0 Å². The second kappa shape index (κ2) is 3.57. The highest BCUT2D eigenvalue weighted by atomic mass is 16.3. The zero-order chi connectivity index (χ0) is 10.8. The van der Waals surface area contributed by atoms with Crippen molar-refractivity contribution in [1.82, 2.24) is 4.98 Å². The van der Waals surface area contributed by atoms with Gasteiger partial charge in [-0.3, -0.25) is 9.78 Å². The number of aromatic nitrogens is 1. The van der Waals surface area contributed by atoms with Crippen LogP contribution in [-0.4, -0.2) is 16.0 Å². The zero-order valence-corrected chi connectivity index (χ0v) is 8.19. The first-order valence-corrected chi connectivity index (χ1v) is 4.53. The molecule has 4 nitrogen and oxygen atoms in total. The van der Waals surface area contributed by atoms with Crippen molar-refractivity contribution in [2.24, 2.45) is 0 Å². The minimum absolute atomic E-state index is 0.00306. The number of rotatable bonds is 1. The number of nitrogens with zero attached hydrogens (tertiary/aromatic N) is 1. The lowest BCUT2D eigenvalue weighted by Crippen LogP contribution is -2.05. The van der Waals surface area contributed by atoms with E-state index in [-0.39, 0.29) is 11.7 Å². The van der Waals surface area contributed by atoms with Gasteiger partial charge in [-0.25, -0.2) is 0 Å². The van der Waals surface area contributed by atoms with Gasteiger partial charge in [0.2, 0.25) is 5.91 Å². The number of nitrogens with one attached hydrogen (secondary N) is 1. The molecule has 1 heterocycles. The molecule has 0 unspecified atom stereocenters. The quantitative estimate of drug-likeness (QED) is 0.694. The molecule has 0 fully saturated rings. The Bertz CT molecular complexity index is 523. The predicted molar refractivity (Wildman–Crippen MR) is 57.7 cm³/mol. The van der Waals surface area contributed by atoms with Gasteiger partial charge < -0.3 is 10.4 Å². The van der Waals surface area contributed by atoms with Crippen molar-refractivity contribution in [2.75, 3.05) is 5.32 Å². The number of phenols is 1. The number of phenolic OH excluding ortho intramolecular Hbond substituents is 1. The molecule has 0 saturated heterocycles. The Hall–Kier alpha value is -2.10. The molecule has 76 valence electrons. The van der Waals surface area contributed by atoms with Crippen LogP contribution in [0, 0.1) is 0 Å². The van der Waals surface area contributed by atoms with Crippen LogP contribution >= 0.6 is 0 Å². The predicted octanol–water partition coefficient (Wildman–Crippen LogP) is 1.90. The summed E-state index contributed by atoms with van der Waals surface area (Å²) < 4.78 is 0. The number of anilines is 1. The third-order valence-electron chi connectivity index (χ3n) is 2.06. The molecule has 0 spiro atoms. The van der Waals surface area contributed by atoms with Crippen molar-refractivity contribution in [3.05, 3.63) is 30.5 Å². The first kappa shape index (κ1) is 9.45. The first-order valence-electron chi connectivity index (χ1n) is 4.53. The molecule has 1 aromatic heterocycles. The molecule has 2 N–H and O–H groups in total. The third kappa shape index (κ3) is 1.74. The monoisotopic (exact) mass is 202 g/mol. The van der Waals surface area contributed by atoms with Crippen LogP contribution in [0.1, 0.15) is 6.92 Å². The Morgan fingerprint density at radius 1 is 1.40 bits per heavy atom.